The molecule has 3 heteroatoms. The van der Waals surface area contributed by atoms with Crippen molar-refractivity contribution in [1.82, 2.24) is 0 Å². The van der Waals surface area contributed by atoms with E-state index in [1.165, 1.54) is 0 Å². The van der Waals surface area contributed by atoms with Crippen molar-refractivity contribution in [2.75, 3.05) is 0 Å². The van der Waals surface area contributed by atoms with Crippen LogP contribution in [0.3, 0.4) is 0 Å². The topological polar surface area (TPSA) is 46.5 Å². The summed E-state index contributed by atoms with van der Waals surface area (Å²) in [7, 11) is 0. The van der Waals surface area contributed by atoms with Gasteiger partial charge in [0, 0.05) is 5.92 Å². The maximum Gasteiger partial charge on any atom is 0.384 e. The molecule has 1 unspecified atom stereocenters. The molecular formula is C14H16O3. The van der Waals surface area contributed by atoms with Crippen molar-refractivity contribution < 1.29 is 14.6 Å². The highest BCUT2D eigenvalue weighted by Gasteiger charge is 2.14. The van der Waals surface area contributed by atoms with Gasteiger partial charge in [0.05, 0.1) is 0 Å². The zero-order valence-corrected chi connectivity index (χ0v) is 10.2. The van der Waals surface area contributed by atoms with E-state index in [1.54, 1.807) is 45.0 Å². The van der Waals surface area contributed by atoms with Crippen LogP contribution in [0.15, 0.2) is 30.3 Å². The first kappa shape index (κ1) is 13.3. The van der Waals surface area contributed by atoms with Gasteiger partial charge in [-0.3, -0.25) is 0 Å². The van der Waals surface area contributed by atoms with Gasteiger partial charge in [0.1, 0.15) is 11.7 Å². The van der Waals surface area contributed by atoms with E-state index in [1.807, 2.05) is 6.07 Å². The summed E-state index contributed by atoms with van der Waals surface area (Å²) < 4.78 is 5.00. The van der Waals surface area contributed by atoms with Crippen LogP contribution in [0, 0.1) is 11.8 Å². The average molecular weight is 232 g/mol. The Bertz CT molecular complexity index is 432. The van der Waals surface area contributed by atoms with Gasteiger partial charge in [-0.15, -0.1) is 0 Å². The fourth-order valence-electron chi connectivity index (χ4n) is 1.15. The molecule has 0 heterocycles. The first-order chi connectivity index (χ1) is 7.88. The molecule has 0 radical (unpaired) electrons. The minimum Gasteiger partial charge on any atom is -0.450 e. The molecule has 17 heavy (non-hydrogen) atoms. The Labute approximate surface area is 101 Å². The Hall–Kier alpha value is -1.79. The quantitative estimate of drug-likeness (QED) is 0.458. The minimum absolute atomic E-state index is 0.566. The number of hydrogen-bond acceptors (Lipinski definition) is 3. The zero-order chi connectivity index (χ0) is 12.9. The second-order valence-corrected chi connectivity index (χ2v) is 4.58. The first-order valence-electron chi connectivity index (χ1n) is 5.36. The second kappa shape index (κ2) is 5.51. The fourth-order valence-corrected chi connectivity index (χ4v) is 1.15. The predicted octanol–water partition coefficient (Wildman–Crippen LogP) is 2.07. The third kappa shape index (κ3) is 5.19. The number of carbonyl (C=O) groups excluding carboxylic acids is 1. The Kier molecular flexibility index (Phi) is 4.30. The van der Waals surface area contributed by atoms with Gasteiger partial charge in [-0.05, 0) is 26.3 Å². The summed E-state index contributed by atoms with van der Waals surface area (Å²) >= 11 is 0. The Morgan fingerprint density at radius 3 is 2.41 bits per heavy atom. The maximum absolute atomic E-state index is 11.3. The average Bonchev–Trinajstić information content (AvgIpc) is 2.25. The Morgan fingerprint density at radius 2 is 1.88 bits per heavy atom. The van der Waals surface area contributed by atoms with E-state index in [9.17, 15) is 9.90 Å². The van der Waals surface area contributed by atoms with Crippen LogP contribution in [0.2, 0.25) is 0 Å². The molecular weight excluding hydrogens is 216 g/mol. The van der Waals surface area contributed by atoms with Crippen molar-refractivity contribution in [1.29, 1.82) is 0 Å². The second-order valence-electron chi connectivity index (χ2n) is 4.58. The molecule has 0 bridgehead atoms. The van der Waals surface area contributed by atoms with E-state index in [4.69, 9.17) is 4.74 Å². The van der Waals surface area contributed by atoms with Gasteiger partial charge in [-0.25, -0.2) is 4.79 Å². The van der Waals surface area contributed by atoms with Crippen molar-refractivity contribution in [3.05, 3.63) is 35.9 Å². The van der Waals surface area contributed by atoms with Crippen molar-refractivity contribution in [2.24, 2.45) is 0 Å². The van der Waals surface area contributed by atoms with E-state index in [0.29, 0.717) is 5.56 Å². The van der Waals surface area contributed by atoms with Crippen molar-refractivity contribution in [3.63, 3.8) is 0 Å². The summed E-state index contributed by atoms with van der Waals surface area (Å²) in [5, 5.41) is 9.69. The van der Waals surface area contributed by atoms with E-state index in [2.05, 4.69) is 11.8 Å². The molecule has 0 aliphatic carbocycles. The molecule has 90 valence electrons. The Morgan fingerprint density at radius 1 is 1.29 bits per heavy atom. The van der Waals surface area contributed by atoms with Crippen LogP contribution < -0.4 is 0 Å². The van der Waals surface area contributed by atoms with Crippen LogP contribution in [0.4, 0.5) is 0 Å². The molecule has 1 aromatic rings. The standard InChI is InChI=1S/C14H16O3/c1-14(2,3)17-13(16)10-9-12(15)11-7-5-4-6-8-11/h4-8,12,15H,1-3H3. The molecule has 0 spiro atoms. The molecule has 1 rings (SSSR count). The molecule has 0 amide bonds. The highest BCUT2D eigenvalue weighted by Crippen LogP contribution is 2.10. The molecule has 0 saturated carbocycles. The third-order valence-electron chi connectivity index (χ3n) is 1.83. The van der Waals surface area contributed by atoms with Gasteiger partial charge in [0.2, 0.25) is 0 Å². The molecule has 1 aromatic carbocycles. The third-order valence-corrected chi connectivity index (χ3v) is 1.83. The SMILES string of the molecule is CC(C)(C)OC(=O)C#CC(O)c1ccccc1. The molecule has 0 saturated heterocycles. The molecule has 0 aliphatic heterocycles. The highest BCUT2D eigenvalue weighted by molar-refractivity contribution is 5.88. The summed E-state index contributed by atoms with van der Waals surface area (Å²) in [6.45, 7) is 5.29. The molecule has 0 aliphatic rings. The van der Waals surface area contributed by atoms with Gasteiger partial charge in [-0.1, -0.05) is 36.3 Å². The van der Waals surface area contributed by atoms with Gasteiger partial charge < -0.3 is 9.84 Å². The smallest absolute Gasteiger partial charge is 0.384 e. The number of rotatable bonds is 1. The molecule has 3 nitrogen and oxygen atoms in total. The predicted molar refractivity (Wildman–Crippen MR) is 65.0 cm³/mol. The van der Waals surface area contributed by atoms with Gasteiger partial charge >= 0.3 is 5.97 Å². The van der Waals surface area contributed by atoms with Crippen molar-refractivity contribution >= 4 is 5.97 Å². The van der Waals surface area contributed by atoms with Crippen molar-refractivity contribution in [3.8, 4) is 11.8 Å². The lowest BCUT2D eigenvalue weighted by Gasteiger charge is -2.17. The van der Waals surface area contributed by atoms with Crippen LogP contribution in [0.25, 0.3) is 0 Å². The number of esters is 1. The normalized spacial score (nSPS) is 12.2. The largest absolute Gasteiger partial charge is 0.450 e. The van der Waals surface area contributed by atoms with Crippen LogP contribution >= 0.6 is 0 Å². The number of aliphatic hydroxyl groups is 1. The van der Waals surface area contributed by atoms with Crippen LogP contribution in [0.5, 0.6) is 0 Å². The van der Waals surface area contributed by atoms with E-state index in [0.717, 1.165) is 0 Å². The lowest BCUT2D eigenvalue weighted by molar-refractivity contribution is -0.147. The number of ether oxygens (including phenoxy) is 1. The fraction of sp³-hybridized carbons (Fsp3) is 0.357. The van der Waals surface area contributed by atoms with E-state index >= 15 is 0 Å². The molecule has 0 aromatic heterocycles. The van der Waals surface area contributed by atoms with Crippen LogP contribution in [-0.2, 0) is 9.53 Å². The monoisotopic (exact) mass is 232 g/mol. The summed E-state index contributed by atoms with van der Waals surface area (Å²) in [5.74, 6) is 4.10. The highest BCUT2D eigenvalue weighted by atomic mass is 16.6. The molecule has 1 N–H and O–H groups in total. The van der Waals surface area contributed by atoms with Crippen LogP contribution in [-0.4, -0.2) is 16.7 Å². The number of aliphatic hydroxyl groups excluding tert-OH is 1. The lowest BCUT2D eigenvalue weighted by Crippen LogP contribution is -2.22. The molecule has 1 atom stereocenters. The number of benzene rings is 1. The molecule has 0 fully saturated rings. The lowest BCUT2D eigenvalue weighted by atomic mass is 10.1. The van der Waals surface area contributed by atoms with E-state index < -0.39 is 17.7 Å². The number of carbonyl (C=O) groups is 1. The van der Waals surface area contributed by atoms with E-state index in [-0.39, 0.29) is 0 Å². The maximum atomic E-state index is 11.3. The Balaban J connectivity index is 2.64. The zero-order valence-electron chi connectivity index (χ0n) is 10.2. The summed E-state index contributed by atoms with van der Waals surface area (Å²) in [6, 6.07) is 8.93. The minimum atomic E-state index is -0.969. The first-order valence-corrected chi connectivity index (χ1v) is 5.36. The van der Waals surface area contributed by atoms with Crippen LogP contribution in [0.1, 0.15) is 32.4 Å². The van der Waals surface area contributed by atoms with Gasteiger partial charge in [0.15, 0.2) is 0 Å². The van der Waals surface area contributed by atoms with Crippen molar-refractivity contribution in [2.45, 2.75) is 32.5 Å². The summed E-state index contributed by atoms with van der Waals surface area (Å²) in [4.78, 5) is 11.3. The van der Waals surface area contributed by atoms with Gasteiger partial charge in [-0.2, -0.15) is 0 Å². The number of hydrogen-bond donors (Lipinski definition) is 1. The van der Waals surface area contributed by atoms with Gasteiger partial charge in [0.25, 0.3) is 0 Å². The summed E-state index contributed by atoms with van der Waals surface area (Å²) in [5.41, 5.74) is 0.0901. The summed E-state index contributed by atoms with van der Waals surface area (Å²) in [6.07, 6.45) is -0.969.